The Morgan fingerprint density at radius 2 is 2.14 bits per heavy atom. The van der Waals surface area contributed by atoms with Crippen molar-refractivity contribution in [2.75, 3.05) is 18.0 Å². The van der Waals surface area contributed by atoms with Crippen LogP contribution in [0.5, 0.6) is 0 Å². The van der Waals surface area contributed by atoms with Crippen LogP contribution in [0.25, 0.3) is 0 Å². The highest BCUT2D eigenvalue weighted by atomic mass is 15.3. The van der Waals surface area contributed by atoms with E-state index >= 15 is 0 Å². The molecule has 4 nitrogen and oxygen atoms in total. The zero-order valence-electron chi connectivity index (χ0n) is 14.0. The second-order valence-electron chi connectivity index (χ2n) is 6.70. The molecule has 0 radical (unpaired) electrons. The van der Waals surface area contributed by atoms with Crippen molar-refractivity contribution in [2.24, 2.45) is 5.92 Å². The first-order valence-corrected chi connectivity index (χ1v) is 8.37. The quantitative estimate of drug-likeness (QED) is 0.903. The molecule has 21 heavy (non-hydrogen) atoms. The third-order valence-corrected chi connectivity index (χ3v) is 4.25. The second kappa shape index (κ2) is 7.74. The average molecular weight is 290 g/mol. The van der Waals surface area contributed by atoms with Gasteiger partial charge < -0.3 is 10.2 Å². The Morgan fingerprint density at radius 1 is 1.33 bits per heavy atom. The van der Waals surface area contributed by atoms with Gasteiger partial charge in [-0.1, -0.05) is 26.7 Å². The van der Waals surface area contributed by atoms with E-state index < -0.39 is 0 Å². The van der Waals surface area contributed by atoms with Gasteiger partial charge in [-0.25, -0.2) is 9.97 Å². The fourth-order valence-corrected chi connectivity index (χ4v) is 2.86. The summed E-state index contributed by atoms with van der Waals surface area (Å²) in [5.74, 6) is 1.58. The summed E-state index contributed by atoms with van der Waals surface area (Å²) in [6, 6.07) is 0.553. The van der Waals surface area contributed by atoms with E-state index in [1.807, 2.05) is 6.20 Å². The maximum atomic E-state index is 4.76. The molecule has 118 valence electrons. The first kappa shape index (κ1) is 16.2. The highest BCUT2D eigenvalue weighted by molar-refractivity contribution is 5.34. The summed E-state index contributed by atoms with van der Waals surface area (Å²) in [4.78, 5) is 11.8. The van der Waals surface area contributed by atoms with Crippen molar-refractivity contribution in [1.29, 1.82) is 0 Å². The molecule has 0 aromatic carbocycles. The van der Waals surface area contributed by atoms with Crippen LogP contribution in [0.2, 0.25) is 0 Å². The summed E-state index contributed by atoms with van der Waals surface area (Å²) in [5.41, 5.74) is 2.31. The Morgan fingerprint density at radius 3 is 2.86 bits per heavy atom. The van der Waals surface area contributed by atoms with E-state index in [-0.39, 0.29) is 0 Å². The molecule has 0 bridgehead atoms. The van der Waals surface area contributed by atoms with Crippen molar-refractivity contribution in [3.8, 4) is 0 Å². The molecule has 1 N–H and O–H groups in total. The Bertz CT molecular complexity index is 444. The van der Waals surface area contributed by atoms with Crippen LogP contribution in [0.4, 0.5) is 5.95 Å². The van der Waals surface area contributed by atoms with Gasteiger partial charge in [0.15, 0.2) is 0 Å². The fraction of sp³-hybridized carbons (Fsp3) is 0.765. The Kier molecular flexibility index (Phi) is 5.97. The van der Waals surface area contributed by atoms with Gasteiger partial charge >= 0.3 is 0 Å². The van der Waals surface area contributed by atoms with E-state index in [0.29, 0.717) is 12.0 Å². The fourth-order valence-electron chi connectivity index (χ4n) is 2.86. The summed E-state index contributed by atoms with van der Waals surface area (Å²) in [7, 11) is 0. The summed E-state index contributed by atoms with van der Waals surface area (Å²) in [6.45, 7) is 11.8. The van der Waals surface area contributed by atoms with Crippen molar-refractivity contribution >= 4 is 5.95 Å². The summed E-state index contributed by atoms with van der Waals surface area (Å²) in [5, 5.41) is 3.47. The molecule has 1 saturated heterocycles. The van der Waals surface area contributed by atoms with Gasteiger partial charge in [-0.2, -0.15) is 0 Å². The molecule has 1 aliphatic heterocycles. The SMILES string of the molecule is Cc1nc(N2CCCCCC2C)ncc1CNCC(C)C. The predicted molar refractivity (Wildman–Crippen MR) is 88.6 cm³/mol. The second-order valence-corrected chi connectivity index (χ2v) is 6.70. The van der Waals surface area contributed by atoms with Gasteiger partial charge in [-0.05, 0) is 39.2 Å². The lowest BCUT2D eigenvalue weighted by Gasteiger charge is -2.27. The van der Waals surface area contributed by atoms with Crippen molar-refractivity contribution in [2.45, 2.75) is 66.0 Å². The van der Waals surface area contributed by atoms with Crippen molar-refractivity contribution in [1.82, 2.24) is 15.3 Å². The molecule has 2 heterocycles. The average Bonchev–Trinajstić information content (AvgIpc) is 2.65. The Labute approximate surface area is 129 Å². The molecule has 1 fully saturated rings. The maximum Gasteiger partial charge on any atom is 0.225 e. The molecule has 0 spiro atoms. The van der Waals surface area contributed by atoms with E-state index in [2.05, 4.69) is 42.9 Å². The molecule has 0 aliphatic carbocycles. The smallest absolute Gasteiger partial charge is 0.225 e. The van der Waals surface area contributed by atoms with E-state index in [4.69, 9.17) is 4.98 Å². The van der Waals surface area contributed by atoms with Crippen LogP contribution < -0.4 is 10.2 Å². The van der Waals surface area contributed by atoms with Crippen LogP contribution in [-0.4, -0.2) is 29.1 Å². The van der Waals surface area contributed by atoms with E-state index in [0.717, 1.165) is 31.3 Å². The van der Waals surface area contributed by atoms with E-state index in [1.165, 1.54) is 31.2 Å². The van der Waals surface area contributed by atoms with Crippen molar-refractivity contribution < 1.29 is 0 Å². The molecule has 2 rings (SSSR count). The number of aryl methyl sites for hydroxylation is 1. The lowest BCUT2D eigenvalue weighted by Crippen LogP contribution is -2.34. The monoisotopic (exact) mass is 290 g/mol. The minimum absolute atomic E-state index is 0.553. The molecule has 1 aromatic heterocycles. The normalized spacial score (nSPS) is 19.9. The van der Waals surface area contributed by atoms with Crippen molar-refractivity contribution in [3.63, 3.8) is 0 Å². The van der Waals surface area contributed by atoms with E-state index in [9.17, 15) is 0 Å². The van der Waals surface area contributed by atoms with Crippen LogP contribution in [0.15, 0.2) is 6.20 Å². The van der Waals surface area contributed by atoms with Crippen molar-refractivity contribution in [3.05, 3.63) is 17.5 Å². The first-order chi connectivity index (χ1) is 10.1. The summed E-state index contributed by atoms with van der Waals surface area (Å²) < 4.78 is 0. The Balaban J connectivity index is 2.03. The van der Waals surface area contributed by atoms with Gasteiger partial charge in [0.25, 0.3) is 0 Å². The molecule has 1 aliphatic rings. The van der Waals surface area contributed by atoms with Crippen LogP contribution in [0, 0.1) is 12.8 Å². The minimum atomic E-state index is 0.553. The summed E-state index contributed by atoms with van der Waals surface area (Å²) >= 11 is 0. The maximum absolute atomic E-state index is 4.76. The molecule has 1 aromatic rings. The molecular weight excluding hydrogens is 260 g/mol. The number of anilines is 1. The molecule has 0 saturated carbocycles. The molecule has 1 atom stereocenters. The van der Waals surface area contributed by atoms with Crippen LogP contribution in [0.3, 0.4) is 0 Å². The standard InChI is InChI=1S/C17H30N4/c1-13(2)10-18-11-16-12-19-17(20-15(16)4)21-9-7-5-6-8-14(21)3/h12-14,18H,5-11H2,1-4H3. The van der Waals surface area contributed by atoms with E-state index in [1.54, 1.807) is 0 Å². The largest absolute Gasteiger partial charge is 0.338 e. The number of hydrogen-bond donors (Lipinski definition) is 1. The zero-order valence-corrected chi connectivity index (χ0v) is 14.0. The van der Waals surface area contributed by atoms with Crippen LogP contribution >= 0.6 is 0 Å². The molecule has 1 unspecified atom stereocenters. The lowest BCUT2D eigenvalue weighted by molar-refractivity contribution is 0.549. The van der Waals surface area contributed by atoms with Gasteiger partial charge in [0.2, 0.25) is 5.95 Å². The van der Waals surface area contributed by atoms with Gasteiger partial charge in [0, 0.05) is 36.6 Å². The molecule has 0 amide bonds. The minimum Gasteiger partial charge on any atom is -0.338 e. The van der Waals surface area contributed by atoms with Gasteiger partial charge in [-0.15, -0.1) is 0 Å². The van der Waals surface area contributed by atoms with Gasteiger partial charge in [0.1, 0.15) is 0 Å². The van der Waals surface area contributed by atoms with Crippen LogP contribution in [0.1, 0.15) is 57.7 Å². The predicted octanol–water partition coefficient (Wildman–Crippen LogP) is 3.30. The third kappa shape index (κ3) is 4.67. The first-order valence-electron chi connectivity index (χ1n) is 8.37. The lowest BCUT2D eigenvalue weighted by atomic mass is 10.1. The third-order valence-electron chi connectivity index (χ3n) is 4.25. The van der Waals surface area contributed by atoms with Crippen LogP contribution in [-0.2, 0) is 6.54 Å². The van der Waals surface area contributed by atoms with Gasteiger partial charge in [-0.3, -0.25) is 0 Å². The zero-order chi connectivity index (χ0) is 15.2. The number of aromatic nitrogens is 2. The summed E-state index contributed by atoms with van der Waals surface area (Å²) in [6.07, 6.45) is 7.16. The number of rotatable bonds is 5. The molecular formula is C17H30N4. The highest BCUT2D eigenvalue weighted by Crippen LogP contribution is 2.21. The molecule has 4 heteroatoms. The Hall–Kier alpha value is -1.16. The van der Waals surface area contributed by atoms with Gasteiger partial charge in [0.05, 0.1) is 0 Å². The highest BCUT2D eigenvalue weighted by Gasteiger charge is 2.19. The number of nitrogens with one attached hydrogen (secondary N) is 1. The number of hydrogen-bond acceptors (Lipinski definition) is 4. The topological polar surface area (TPSA) is 41.1 Å². The number of nitrogens with zero attached hydrogens (tertiary/aromatic N) is 3.